The van der Waals surface area contributed by atoms with Gasteiger partial charge in [0.15, 0.2) is 0 Å². The number of benzene rings is 3. The van der Waals surface area contributed by atoms with Gasteiger partial charge >= 0.3 is 383 Å². The first kappa shape index (κ1) is 47.7. The SMILES string of the molecule is CCc1c(O[Si](C)(C)C(C)(C)C)c2c[c]([Bi]([c]3ccc4c(c3)c(O[Si](C)(C)C(C)(C)C)c(CC)n4C)[c]3ccc4c(c3)c(O[Si](C)(C)C(C)(C)C)c(CC)n4C)ccc2n1C. The van der Waals surface area contributed by atoms with Gasteiger partial charge in [-0.3, -0.25) is 0 Å². The first-order chi connectivity index (χ1) is 28.0. The fourth-order valence-electron chi connectivity index (χ4n) is 7.98. The number of aromatic nitrogens is 3. The van der Waals surface area contributed by atoms with Crippen LogP contribution in [0.4, 0.5) is 0 Å². The van der Waals surface area contributed by atoms with Crippen LogP contribution in [0.2, 0.25) is 54.4 Å². The van der Waals surface area contributed by atoms with Gasteiger partial charge in [-0.25, -0.2) is 0 Å². The molecule has 0 saturated carbocycles. The van der Waals surface area contributed by atoms with Gasteiger partial charge in [-0.2, -0.15) is 0 Å². The maximum absolute atomic E-state index is 7.33. The van der Waals surface area contributed by atoms with Crippen LogP contribution >= 0.6 is 0 Å². The van der Waals surface area contributed by atoms with Crippen LogP contribution < -0.4 is 23.1 Å². The van der Waals surface area contributed by atoms with Crippen molar-refractivity contribution < 1.29 is 13.3 Å². The molecule has 6 aromatic rings. The summed E-state index contributed by atoms with van der Waals surface area (Å²) < 4.78 is 33.5. The Morgan fingerprint density at radius 3 is 0.852 bits per heavy atom. The molecule has 0 radical (unpaired) electrons. The van der Waals surface area contributed by atoms with E-state index in [1.165, 1.54) is 59.6 Å². The summed E-state index contributed by atoms with van der Waals surface area (Å²) in [6, 6.07) is 22.1. The molecule has 0 bridgehead atoms. The summed E-state index contributed by atoms with van der Waals surface area (Å²) in [5.74, 6) is 3.26. The normalized spacial score (nSPS) is 13.7. The molecule has 0 amide bonds. The molecule has 0 unspecified atom stereocenters. The Morgan fingerprint density at radius 1 is 0.426 bits per heavy atom. The first-order valence-electron chi connectivity index (χ1n) is 22.7. The van der Waals surface area contributed by atoms with E-state index in [4.69, 9.17) is 13.3 Å². The average Bonchev–Trinajstić information content (AvgIpc) is 3.67. The molecular formula is C51H78BiN3O3Si3. The molecule has 0 aliphatic heterocycles. The minimum atomic E-state index is -3.14. The van der Waals surface area contributed by atoms with E-state index >= 15 is 0 Å². The Bertz CT molecular complexity index is 2320. The quantitative estimate of drug-likeness (QED) is 0.115. The number of aryl methyl sites for hydroxylation is 3. The van der Waals surface area contributed by atoms with Gasteiger partial charge in [0.05, 0.1) is 0 Å². The molecule has 0 N–H and O–H groups in total. The van der Waals surface area contributed by atoms with Crippen molar-refractivity contribution in [3.05, 3.63) is 71.7 Å². The van der Waals surface area contributed by atoms with E-state index in [1.807, 2.05) is 0 Å². The molecule has 0 saturated heterocycles. The summed E-state index contributed by atoms with van der Waals surface area (Å²) in [5.41, 5.74) is 7.55. The second kappa shape index (κ2) is 16.3. The average molecular weight is 1070 g/mol. The van der Waals surface area contributed by atoms with Crippen molar-refractivity contribution in [2.75, 3.05) is 0 Å². The molecule has 332 valence electrons. The van der Waals surface area contributed by atoms with E-state index in [-0.39, 0.29) is 15.1 Å². The van der Waals surface area contributed by atoms with Crippen LogP contribution in [0.5, 0.6) is 17.2 Å². The molecule has 3 aromatic carbocycles. The van der Waals surface area contributed by atoms with Gasteiger partial charge < -0.3 is 0 Å². The molecular weight excluding hydrogens is 996 g/mol. The Kier molecular flexibility index (Phi) is 12.8. The summed E-state index contributed by atoms with van der Waals surface area (Å²) in [6.07, 6.45) is 2.75. The molecule has 3 aromatic heterocycles. The maximum atomic E-state index is 7.33. The summed E-state index contributed by atoms with van der Waals surface area (Å²) in [7, 11) is 0.218. The fourth-order valence-corrected chi connectivity index (χ4v) is 20.2. The second-order valence-electron chi connectivity index (χ2n) is 22.1. The third-order valence-corrected chi connectivity index (χ3v) is 37.3. The van der Waals surface area contributed by atoms with E-state index in [2.05, 4.69) is 212 Å². The summed E-state index contributed by atoms with van der Waals surface area (Å²) >= 11 is -3.14. The molecule has 0 aliphatic rings. The van der Waals surface area contributed by atoms with E-state index in [1.54, 1.807) is 0 Å². The van der Waals surface area contributed by atoms with Crippen molar-refractivity contribution in [3.63, 3.8) is 0 Å². The van der Waals surface area contributed by atoms with Gasteiger partial charge in [-0.15, -0.1) is 0 Å². The molecule has 10 heteroatoms. The van der Waals surface area contributed by atoms with Crippen molar-refractivity contribution in [1.82, 2.24) is 13.7 Å². The third-order valence-electron chi connectivity index (χ3n) is 15.0. The van der Waals surface area contributed by atoms with Crippen LogP contribution in [-0.2, 0) is 40.4 Å². The Labute approximate surface area is 380 Å². The Balaban J connectivity index is 1.68. The van der Waals surface area contributed by atoms with Crippen LogP contribution in [0.15, 0.2) is 54.6 Å². The van der Waals surface area contributed by atoms with Crippen LogP contribution in [-0.4, -0.2) is 60.4 Å². The predicted octanol–water partition coefficient (Wildman–Crippen LogP) is 12.5. The number of hydrogen-bond donors (Lipinski definition) is 0. The molecule has 0 spiro atoms. The summed E-state index contributed by atoms with van der Waals surface area (Å²) in [4.78, 5) is 0. The molecule has 0 fully saturated rings. The van der Waals surface area contributed by atoms with Crippen LogP contribution in [0.25, 0.3) is 32.7 Å². The van der Waals surface area contributed by atoms with E-state index < -0.39 is 46.7 Å². The van der Waals surface area contributed by atoms with Crippen LogP contribution in [0.1, 0.15) is 100 Å². The zero-order valence-electron chi connectivity index (χ0n) is 41.8. The fraction of sp³-hybridized carbons (Fsp3) is 0.529. The zero-order chi connectivity index (χ0) is 45.6. The molecule has 6 nitrogen and oxygen atoms in total. The number of nitrogens with zero attached hydrogens (tertiary/aromatic N) is 3. The van der Waals surface area contributed by atoms with E-state index in [9.17, 15) is 0 Å². The van der Waals surface area contributed by atoms with Crippen LogP contribution in [0, 0.1) is 0 Å². The van der Waals surface area contributed by atoms with Gasteiger partial charge in [0.25, 0.3) is 0 Å². The Morgan fingerprint density at radius 2 is 0.656 bits per heavy atom. The molecule has 3 heterocycles. The molecule has 0 atom stereocenters. The van der Waals surface area contributed by atoms with Gasteiger partial charge in [0.1, 0.15) is 0 Å². The topological polar surface area (TPSA) is 42.5 Å². The van der Waals surface area contributed by atoms with Crippen molar-refractivity contribution in [3.8, 4) is 17.2 Å². The molecule has 0 aliphatic carbocycles. The standard InChI is InChI=1S/3C17H26NOSi.Bi/c3*1-8-14-16(19-20(6,7)17(2,3)4)13-11-9-10-12-15(13)18(14)5;/h3*10-12H,8H2,1-7H3;. The number of hydrogen-bond acceptors (Lipinski definition) is 3. The predicted molar refractivity (Wildman–Crippen MR) is 275 cm³/mol. The van der Waals surface area contributed by atoms with Gasteiger partial charge in [-0.1, -0.05) is 0 Å². The van der Waals surface area contributed by atoms with E-state index in [0.717, 1.165) is 36.5 Å². The minimum absolute atomic E-state index is 0.0818. The molecule has 6 rings (SSSR count). The summed E-state index contributed by atoms with van der Waals surface area (Å²) in [6.45, 7) is 42.1. The monoisotopic (exact) mass is 1070 g/mol. The van der Waals surface area contributed by atoms with E-state index in [0.29, 0.717) is 0 Å². The first-order valence-corrected chi connectivity index (χ1v) is 36.7. The van der Waals surface area contributed by atoms with Gasteiger partial charge in [-0.05, 0) is 0 Å². The third kappa shape index (κ3) is 8.39. The van der Waals surface area contributed by atoms with Crippen molar-refractivity contribution in [2.45, 2.75) is 157 Å². The van der Waals surface area contributed by atoms with Gasteiger partial charge in [0.2, 0.25) is 0 Å². The molecule has 61 heavy (non-hydrogen) atoms. The van der Waals surface area contributed by atoms with Crippen molar-refractivity contribution in [2.24, 2.45) is 21.1 Å². The zero-order valence-corrected chi connectivity index (χ0v) is 48.3. The van der Waals surface area contributed by atoms with Crippen LogP contribution in [0.3, 0.4) is 0 Å². The number of fused-ring (bicyclic) bond motifs is 3. The van der Waals surface area contributed by atoms with Crippen molar-refractivity contribution >= 4 is 89.2 Å². The summed E-state index contributed by atoms with van der Waals surface area (Å²) in [5, 5.41) is 3.98. The van der Waals surface area contributed by atoms with Gasteiger partial charge in [0, 0.05) is 0 Å². The second-order valence-corrected chi connectivity index (χ2v) is 44.9. The Hall–Kier alpha value is -2.79. The van der Waals surface area contributed by atoms with Crippen molar-refractivity contribution in [1.29, 1.82) is 0 Å². The number of rotatable bonds is 12.